The van der Waals surface area contributed by atoms with Gasteiger partial charge in [-0.05, 0) is 11.7 Å². The van der Waals surface area contributed by atoms with Crippen LogP contribution in [0, 0.1) is 0 Å². The molecule has 0 bridgehead atoms. The molecular weight excluding hydrogens is 240 g/mol. The molecule has 0 radical (unpaired) electrons. The van der Waals surface area contributed by atoms with Gasteiger partial charge < -0.3 is 10.2 Å². The molecule has 0 aromatic rings. The van der Waals surface area contributed by atoms with Crippen LogP contribution in [0.3, 0.4) is 0 Å². The Morgan fingerprint density at radius 3 is 1.00 bits per heavy atom. The van der Waals surface area contributed by atoms with E-state index in [2.05, 4.69) is 31.9 Å². The van der Waals surface area contributed by atoms with Crippen molar-refractivity contribution >= 4 is 31.9 Å². The van der Waals surface area contributed by atoms with E-state index in [1.54, 1.807) is 0 Å². The Balaban J connectivity index is -0.0000000542. The molecule has 0 aromatic carbocycles. The lowest BCUT2D eigenvalue weighted by atomic mass is 10.8. The molecule has 0 heterocycles. The molecule has 0 unspecified atom stereocenters. The van der Waals surface area contributed by atoms with Gasteiger partial charge in [0.2, 0.25) is 0 Å². The molecule has 8 heavy (non-hydrogen) atoms. The van der Waals surface area contributed by atoms with E-state index < -0.39 is 0 Å². The van der Waals surface area contributed by atoms with E-state index in [1.165, 1.54) is 0 Å². The molecule has 4 heteroatoms. The van der Waals surface area contributed by atoms with Gasteiger partial charge in [0.1, 0.15) is 0 Å². The molecule has 0 aromatic heterocycles. The zero-order chi connectivity index (χ0) is 7.41. The maximum atomic E-state index is 7.62. The van der Waals surface area contributed by atoms with Crippen LogP contribution in [0.4, 0.5) is 0 Å². The van der Waals surface area contributed by atoms with E-state index in [1.807, 2.05) is 11.7 Å². The standard InChI is InChI=1S/C2H6O2.2CH3Br/c3-1-2-4;2*1-2/h3-4H,1-2H2;2*1H3. The van der Waals surface area contributed by atoms with Crippen LogP contribution >= 0.6 is 31.9 Å². The van der Waals surface area contributed by atoms with Gasteiger partial charge in [0.15, 0.2) is 0 Å². The Morgan fingerprint density at radius 2 is 1.00 bits per heavy atom. The second kappa shape index (κ2) is 45.0. The summed E-state index contributed by atoms with van der Waals surface area (Å²) in [4.78, 5) is 0. The van der Waals surface area contributed by atoms with Crippen molar-refractivity contribution in [3.05, 3.63) is 0 Å². The molecule has 0 atom stereocenters. The van der Waals surface area contributed by atoms with Crippen molar-refractivity contribution in [3.63, 3.8) is 0 Å². The Kier molecular flexibility index (Phi) is 89.6. The molecule has 2 N–H and O–H groups in total. The summed E-state index contributed by atoms with van der Waals surface area (Å²) in [7, 11) is 0. The lowest BCUT2D eigenvalue weighted by Gasteiger charge is -1.70. The van der Waals surface area contributed by atoms with Crippen LogP contribution in [0.2, 0.25) is 0 Å². The molecule has 0 saturated carbocycles. The second-order valence-electron chi connectivity index (χ2n) is 0.447. The van der Waals surface area contributed by atoms with Gasteiger partial charge in [-0.3, -0.25) is 0 Å². The van der Waals surface area contributed by atoms with E-state index in [4.69, 9.17) is 10.2 Å². The lowest BCUT2D eigenvalue weighted by Crippen LogP contribution is -1.85. The van der Waals surface area contributed by atoms with Crippen LogP contribution in [0.25, 0.3) is 0 Å². The normalized spacial score (nSPS) is 5.25. The van der Waals surface area contributed by atoms with Gasteiger partial charge in [-0.2, -0.15) is 0 Å². The number of aliphatic hydroxyl groups is 2. The minimum atomic E-state index is -0.125. The molecule has 0 rings (SSSR count). The Morgan fingerprint density at radius 1 is 0.875 bits per heavy atom. The summed E-state index contributed by atoms with van der Waals surface area (Å²) < 4.78 is 0. The van der Waals surface area contributed by atoms with Crippen LogP contribution in [0.5, 0.6) is 0 Å². The van der Waals surface area contributed by atoms with Crippen LogP contribution in [-0.4, -0.2) is 35.1 Å². The first-order valence-corrected chi connectivity index (χ1v) is 5.06. The van der Waals surface area contributed by atoms with Crippen molar-refractivity contribution in [3.8, 4) is 0 Å². The topological polar surface area (TPSA) is 40.5 Å². The predicted molar refractivity (Wildman–Crippen MR) is 43.9 cm³/mol. The van der Waals surface area contributed by atoms with Crippen LogP contribution in [-0.2, 0) is 0 Å². The van der Waals surface area contributed by atoms with Gasteiger partial charge >= 0.3 is 0 Å². The van der Waals surface area contributed by atoms with Crippen molar-refractivity contribution in [1.29, 1.82) is 0 Å². The average Bonchev–Trinajstić information content (AvgIpc) is 1.96. The minimum absolute atomic E-state index is 0.125. The van der Waals surface area contributed by atoms with Gasteiger partial charge in [-0.1, -0.05) is 31.9 Å². The first kappa shape index (κ1) is 15.9. The summed E-state index contributed by atoms with van der Waals surface area (Å²) in [6, 6.07) is 0. The van der Waals surface area contributed by atoms with Gasteiger partial charge in [0.05, 0.1) is 13.2 Å². The first-order valence-electron chi connectivity index (χ1n) is 1.89. The Hall–Kier alpha value is 0.880. The fourth-order valence-electron chi connectivity index (χ4n) is 0. The highest BCUT2D eigenvalue weighted by atomic mass is 79.9. The van der Waals surface area contributed by atoms with Crippen molar-refractivity contribution in [2.24, 2.45) is 0 Å². The maximum absolute atomic E-state index is 7.62. The number of aliphatic hydroxyl groups excluding tert-OH is 2. The van der Waals surface area contributed by atoms with Gasteiger partial charge in [-0.15, -0.1) is 0 Å². The summed E-state index contributed by atoms with van der Waals surface area (Å²) in [5.74, 6) is 3.62. The third kappa shape index (κ3) is 67.3. The fraction of sp³-hybridized carbons (Fsp3) is 1.00. The summed E-state index contributed by atoms with van der Waals surface area (Å²) in [6.07, 6.45) is 0. The number of hydrogen-bond acceptors (Lipinski definition) is 2. The largest absolute Gasteiger partial charge is 0.394 e. The molecule has 0 aliphatic carbocycles. The van der Waals surface area contributed by atoms with E-state index in [0.717, 1.165) is 0 Å². The predicted octanol–water partition coefficient (Wildman–Crippen LogP) is 0.993. The van der Waals surface area contributed by atoms with Crippen LogP contribution < -0.4 is 0 Å². The zero-order valence-corrected chi connectivity index (χ0v) is 8.24. The summed E-state index contributed by atoms with van der Waals surface area (Å²) in [6.45, 7) is -0.250. The number of hydrogen-bond donors (Lipinski definition) is 2. The molecule has 0 aliphatic rings. The zero-order valence-electron chi connectivity index (χ0n) is 5.06. The third-order valence-electron chi connectivity index (χ3n) is 0.1000. The summed E-state index contributed by atoms with van der Waals surface area (Å²) >= 11 is 5.88. The first-order chi connectivity index (χ1) is 3.91. The molecule has 0 saturated heterocycles. The number of halogens is 2. The minimum Gasteiger partial charge on any atom is -0.394 e. The van der Waals surface area contributed by atoms with Gasteiger partial charge in [0, 0.05) is 0 Å². The average molecular weight is 252 g/mol. The van der Waals surface area contributed by atoms with Crippen molar-refractivity contribution in [2.45, 2.75) is 0 Å². The molecule has 0 aliphatic heterocycles. The molecular formula is C4H12Br2O2. The smallest absolute Gasteiger partial charge is 0.0662 e. The summed E-state index contributed by atoms with van der Waals surface area (Å²) in [5, 5.41) is 15.2. The monoisotopic (exact) mass is 250 g/mol. The highest BCUT2D eigenvalue weighted by Gasteiger charge is 1.58. The summed E-state index contributed by atoms with van der Waals surface area (Å²) in [5.41, 5.74) is 0. The van der Waals surface area contributed by atoms with Crippen molar-refractivity contribution < 1.29 is 10.2 Å². The quantitative estimate of drug-likeness (QED) is 0.683. The maximum Gasteiger partial charge on any atom is 0.0662 e. The highest BCUT2D eigenvalue weighted by molar-refractivity contribution is 9.09. The Bertz CT molecular complexity index is 14.0. The third-order valence-corrected chi connectivity index (χ3v) is 0.1000. The van der Waals surface area contributed by atoms with Crippen LogP contribution in [0.15, 0.2) is 0 Å². The van der Waals surface area contributed by atoms with E-state index in [0.29, 0.717) is 0 Å². The molecule has 0 fully saturated rings. The van der Waals surface area contributed by atoms with Crippen molar-refractivity contribution in [1.82, 2.24) is 0 Å². The SMILES string of the molecule is CBr.CBr.OCCO. The second-order valence-corrected chi connectivity index (χ2v) is 0.447. The molecule has 2 nitrogen and oxygen atoms in total. The Labute approximate surface area is 67.2 Å². The number of rotatable bonds is 1. The molecule has 54 valence electrons. The fourth-order valence-corrected chi connectivity index (χ4v) is 0. The number of alkyl halides is 2. The highest BCUT2D eigenvalue weighted by Crippen LogP contribution is 1.45. The van der Waals surface area contributed by atoms with E-state index in [9.17, 15) is 0 Å². The van der Waals surface area contributed by atoms with Crippen LogP contribution in [0.1, 0.15) is 0 Å². The van der Waals surface area contributed by atoms with E-state index >= 15 is 0 Å². The van der Waals surface area contributed by atoms with E-state index in [-0.39, 0.29) is 13.2 Å². The van der Waals surface area contributed by atoms with Gasteiger partial charge in [0.25, 0.3) is 0 Å². The lowest BCUT2D eigenvalue weighted by molar-refractivity contribution is 0.186. The van der Waals surface area contributed by atoms with Crippen molar-refractivity contribution in [2.75, 3.05) is 24.9 Å². The van der Waals surface area contributed by atoms with Gasteiger partial charge in [-0.25, -0.2) is 0 Å². The molecule has 0 amide bonds. The molecule has 0 spiro atoms.